The molecule has 0 radical (unpaired) electrons. The van der Waals surface area contributed by atoms with E-state index in [1.807, 2.05) is 35.8 Å². The first-order valence-corrected chi connectivity index (χ1v) is 6.71. The first-order chi connectivity index (χ1) is 8.83. The lowest BCUT2D eigenvalue weighted by molar-refractivity contribution is 0.112. The van der Waals surface area contributed by atoms with E-state index in [4.69, 9.17) is 0 Å². The minimum absolute atomic E-state index is 0.667. The van der Waals surface area contributed by atoms with Crippen LogP contribution in [0.2, 0.25) is 0 Å². The van der Waals surface area contributed by atoms with Crippen molar-refractivity contribution in [3.63, 3.8) is 0 Å². The van der Waals surface area contributed by atoms with Crippen molar-refractivity contribution in [1.82, 2.24) is 9.61 Å². The molecule has 0 saturated heterocycles. The smallest absolute Gasteiger partial charge is 0.154 e. The molecule has 3 rings (SSSR count). The van der Waals surface area contributed by atoms with Gasteiger partial charge in [0.25, 0.3) is 0 Å². The van der Waals surface area contributed by atoms with Gasteiger partial charge in [0, 0.05) is 6.20 Å². The highest BCUT2D eigenvalue weighted by atomic mass is 32.1. The fourth-order valence-electron chi connectivity index (χ4n) is 2.03. The minimum Gasteiger partial charge on any atom is -0.298 e. The van der Waals surface area contributed by atoms with Crippen LogP contribution in [0.5, 0.6) is 0 Å². The van der Waals surface area contributed by atoms with Gasteiger partial charge in [0.15, 0.2) is 6.29 Å². The molecule has 0 spiro atoms. The van der Waals surface area contributed by atoms with Crippen LogP contribution in [0.3, 0.4) is 0 Å². The van der Waals surface area contributed by atoms with Crippen LogP contribution in [-0.2, 0) is 6.42 Å². The zero-order chi connectivity index (χ0) is 12.5. The molecule has 3 aromatic rings. The standard InChI is InChI=1S/C14H12N2OS/c1-2-10-5-6-12-11(9-17)14(15-16(12)8-10)13-4-3-7-18-13/h3-9H,2H2,1H3. The molecule has 0 fully saturated rings. The summed E-state index contributed by atoms with van der Waals surface area (Å²) in [5.41, 5.74) is 3.51. The fourth-order valence-corrected chi connectivity index (χ4v) is 2.75. The topological polar surface area (TPSA) is 34.4 Å². The van der Waals surface area contributed by atoms with Crippen molar-refractivity contribution in [2.24, 2.45) is 0 Å². The molecule has 0 aliphatic heterocycles. The lowest BCUT2D eigenvalue weighted by Gasteiger charge is -1.97. The number of aryl methyl sites for hydroxylation is 1. The van der Waals surface area contributed by atoms with E-state index < -0.39 is 0 Å². The summed E-state index contributed by atoms with van der Waals surface area (Å²) in [6, 6.07) is 7.96. The Labute approximate surface area is 109 Å². The Kier molecular flexibility index (Phi) is 2.72. The molecule has 0 N–H and O–H groups in total. The summed E-state index contributed by atoms with van der Waals surface area (Å²) in [5.74, 6) is 0. The molecule has 0 unspecified atom stereocenters. The summed E-state index contributed by atoms with van der Waals surface area (Å²) < 4.78 is 1.80. The summed E-state index contributed by atoms with van der Waals surface area (Å²) >= 11 is 1.60. The highest BCUT2D eigenvalue weighted by molar-refractivity contribution is 7.13. The first-order valence-electron chi connectivity index (χ1n) is 5.83. The summed E-state index contributed by atoms with van der Waals surface area (Å²) in [7, 11) is 0. The number of carbonyl (C=O) groups is 1. The number of fused-ring (bicyclic) bond motifs is 1. The van der Waals surface area contributed by atoms with Gasteiger partial charge in [-0.2, -0.15) is 5.10 Å². The van der Waals surface area contributed by atoms with Gasteiger partial charge in [0.05, 0.1) is 16.0 Å². The van der Waals surface area contributed by atoms with Crippen LogP contribution in [0, 0.1) is 0 Å². The van der Waals surface area contributed by atoms with Crippen molar-refractivity contribution in [3.05, 3.63) is 47.0 Å². The number of hydrogen-bond donors (Lipinski definition) is 0. The van der Waals surface area contributed by atoms with Gasteiger partial charge in [0.2, 0.25) is 0 Å². The molecule has 18 heavy (non-hydrogen) atoms. The molecule has 0 aliphatic carbocycles. The number of hydrogen-bond acceptors (Lipinski definition) is 3. The normalized spacial score (nSPS) is 10.9. The molecule has 90 valence electrons. The second-order valence-electron chi connectivity index (χ2n) is 4.08. The van der Waals surface area contributed by atoms with Gasteiger partial charge in [-0.1, -0.05) is 19.1 Å². The molecule has 0 atom stereocenters. The lowest BCUT2D eigenvalue weighted by Crippen LogP contribution is -1.90. The Morgan fingerprint density at radius 3 is 2.94 bits per heavy atom. The van der Waals surface area contributed by atoms with Gasteiger partial charge in [-0.15, -0.1) is 11.3 Å². The lowest BCUT2D eigenvalue weighted by atomic mass is 10.1. The van der Waals surface area contributed by atoms with E-state index in [0.29, 0.717) is 5.56 Å². The average molecular weight is 256 g/mol. The second kappa shape index (κ2) is 4.38. The number of aldehydes is 1. The molecule has 3 heterocycles. The number of thiophene rings is 1. The molecule has 3 nitrogen and oxygen atoms in total. The molecule has 3 aromatic heterocycles. The SMILES string of the molecule is CCc1ccc2c(C=O)c(-c3cccs3)nn2c1. The summed E-state index contributed by atoms with van der Waals surface area (Å²) in [6.07, 6.45) is 3.84. The minimum atomic E-state index is 0.667. The van der Waals surface area contributed by atoms with E-state index in [9.17, 15) is 4.79 Å². The third kappa shape index (κ3) is 1.66. The van der Waals surface area contributed by atoms with Crippen LogP contribution < -0.4 is 0 Å². The Hall–Kier alpha value is -1.94. The third-order valence-corrected chi connectivity index (χ3v) is 3.89. The van der Waals surface area contributed by atoms with Crippen LogP contribution in [0.4, 0.5) is 0 Å². The second-order valence-corrected chi connectivity index (χ2v) is 5.03. The maximum atomic E-state index is 11.3. The third-order valence-electron chi connectivity index (χ3n) is 3.01. The largest absolute Gasteiger partial charge is 0.298 e. The van der Waals surface area contributed by atoms with Crippen LogP contribution in [-0.4, -0.2) is 15.9 Å². The fraction of sp³-hybridized carbons (Fsp3) is 0.143. The van der Waals surface area contributed by atoms with E-state index in [1.54, 1.807) is 15.9 Å². The molecule has 4 heteroatoms. The maximum Gasteiger partial charge on any atom is 0.154 e. The summed E-state index contributed by atoms with van der Waals surface area (Å²) in [6.45, 7) is 2.10. The average Bonchev–Trinajstić information content (AvgIpc) is 3.04. The number of pyridine rings is 1. The van der Waals surface area contributed by atoms with Gasteiger partial charge >= 0.3 is 0 Å². The monoisotopic (exact) mass is 256 g/mol. The molecular formula is C14H12N2OS. The van der Waals surface area contributed by atoms with Crippen molar-refractivity contribution in [1.29, 1.82) is 0 Å². The Morgan fingerprint density at radius 1 is 1.39 bits per heavy atom. The maximum absolute atomic E-state index is 11.3. The molecule has 0 aromatic carbocycles. The van der Waals surface area contributed by atoms with E-state index in [2.05, 4.69) is 12.0 Å². The number of carbonyl (C=O) groups excluding carboxylic acids is 1. The van der Waals surface area contributed by atoms with Crippen molar-refractivity contribution in [2.45, 2.75) is 13.3 Å². The van der Waals surface area contributed by atoms with E-state index in [-0.39, 0.29) is 0 Å². The molecule has 0 amide bonds. The van der Waals surface area contributed by atoms with Crippen LogP contribution in [0.1, 0.15) is 22.8 Å². The highest BCUT2D eigenvalue weighted by Crippen LogP contribution is 2.28. The van der Waals surface area contributed by atoms with E-state index >= 15 is 0 Å². The van der Waals surface area contributed by atoms with Crippen LogP contribution in [0.25, 0.3) is 16.1 Å². The summed E-state index contributed by atoms with van der Waals surface area (Å²) in [4.78, 5) is 12.3. The predicted octanol–water partition coefficient (Wildman–Crippen LogP) is 3.44. The first kappa shape index (κ1) is 11.2. The van der Waals surface area contributed by atoms with Crippen molar-refractivity contribution >= 4 is 23.1 Å². The molecule has 0 bridgehead atoms. The Morgan fingerprint density at radius 2 is 2.28 bits per heavy atom. The number of rotatable bonds is 3. The molecule has 0 saturated carbocycles. The van der Waals surface area contributed by atoms with Crippen LogP contribution >= 0.6 is 11.3 Å². The zero-order valence-electron chi connectivity index (χ0n) is 9.96. The number of aromatic nitrogens is 2. The van der Waals surface area contributed by atoms with Gasteiger partial charge in [0.1, 0.15) is 5.69 Å². The Balaban J connectivity index is 2.29. The van der Waals surface area contributed by atoms with Gasteiger partial charge in [-0.3, -0.25) is 4.79 Å². The summed E-state index contributed by atoms with van der Waals surface area (Å²) in [5, 5.41) is 6.52. The van der Waals surface area contributed by atoms with Crippen LogP contribution in [0.15, 0.2) is 35.8 Å². The van der Waals surface area contributed by atoms with E-state index in [0.717, 1.165) is 28.8 Å². The number of nitrogens with zero attached hydrogens (tertiary/aromatic N) is 2. The quantitative estimate of drug-likeness (QED) is 0.673. The van der Waals surface area contributed by atoms with Gasteiger partial charge < -0.3 is 0 Å². The highest BCUT2D eigenvalue weighted by Gasteiger charge is 2.14. The van der Waals surface area contributed by atoms with Crippen molar-refractivity contribution < 1.29 is 4.79 Å². The van der Waals surface area contributed by atoms with Gasteiger partial charge in [-0.05, 0) is 29.5 Å². The van der Waals surface area contributed by atoms with Gasteiger partial charge in [-0.25, -0.2) is 4.52 Å². The van der Waals surface area contributed by atoms with Crippen molar-refractivity contribution in [2.75, 3.05) is 0 Å². The van der Waals surface area contributed by atoms with Crippen molar-refractivity contribution in [3.8, 4) is 10.6 Å². The predicted molar refractivity (Wildman–Crippen MR) is 73.3 cm³/mol. The molecular weight excluding hydrogens is 244 g/mol. The molecule has 0 aliphatic rings. The Bertz CT molecular complexity index is 698. The zero-order valence-corrected chi connectivity index (χ0v) is 10.8. The van der Waals surface area contributed by atoms with E-state index in [1.165, 1.54) is 5.56 Å².